The number of hydrogen-bond acceptors (Lipinski definition) is 13. The van der Waals surface area contributed by atoms with Crippen molar-refractivity contribution < 1.29 is 71.4 Å². The monoisotopic (exact) mass is 944 g/mol. The van der Waals surface area contributed by atoms with Gasteiger partial charge in [0.25, 0.3) is 0 Å². The van der Waals surface area contributed by atoms with E-state index >= 15 is 0 Å². The molecule has 0 amide bonds. The van der Waals surface area contributed by atoms with Gasteiger partial charge in [0, 0.05) is 12.8 Å². The van der Waals surface area contributed by atoms with E-state index in [-0.39, 0.29) is 12.8 Å². The lowest BCUT2D eigenvalue weighted by Crippen LogP contribution is -2.25. The lowest BCUT2D eigenvalue weighted by molar-refractivity contribution is -0.148. The first-order valence-electron chi connectivity index (χ1n) is 22.6. The first kappa shape index (κ1) is 61.0. The number of aliphatic hydroxyl groups excluding tert-OH is 3. The van der Waals surface area contributed by atoms with Gasteiger partial charge in [-0.2, -0.15) is 0 Å². The Kier molecular flexibility index (Phi) is 40.6. The SMILES string of the molecule is CC/C=C\C/C=C\C/C=C\C/C=C\C/C=C\CCCC(=O)OCC(O)COP(=O)(O)OCC(O)COP(=O)(O)OCC(O)COC(=O)CCCCCCCCC/C=C/C=C/C=C/CC. The van der Waals surface area contributed by atoms with Gasteiger partial charge in [-0.15, -0.1) is 0 Å². The third-order valence-electron chi connectivity index (χ3n) is 8.60. The van der Waals surface area contributed by atoms with Crippen molar-refractivity contribution >= 4 is 27.6 Å². The molecule has 0 aliphatic rings. The number of hydrogen-bond donors (Lipinski definition) is 5. The fourth-order valence-electron chi connectivity index (χ4n) is 5.13. The summed E-state index contributed by atoms with van der Waals surface area (Å²) in [6.45, 7) is 0.0544. The number of ether oxygens (including phenoxy) is 2. The zero-order valence-electron chi connectivity index (χ0n) is 38.2. The molecule has 0 bridgehead atoms. The molecule has 366 valence electrons. The lowest BCUT2D eigenvalue weighted by atomic mass is 10.1. The van der Waals surface area contributed by atoms with Crippen LogP contribution in [-0.2, 0) is 46.3 Å². The van der Waals surface area contributed by atoms with Gasteiger partial charge in [0.1, 0.15) is 31.5 Å². The average molecular weight is 945 g/mol. The summed E-state index contributed by atoms with van der Waals surface area (Å²) in [4.78, 5) is 43.7. The van der Waals surface area contributed by atoms with Crippen LogP contribution in [0.5, 0.6) is 0 Å². The maximum atomic E-state index is 12.1. The second-order valence-corrected chi connectivity index (χ2v) is 17.6. The average Bonchev–Trinajstić information content (AvgIpc) is 3.27. The molecule has 0 aromatic carbocycles. The van der Waals surface area contributed by atoms with Crippen molar-refractivity contribution in [2.45, 2.75) is 148 Å². The summed E-state index contributed by atoms with van der Waals surface area (Å²) in [5.74, 6) is -1.07. The molecule has 0 heterocycles. The molecule has 0 aromatic rings. The van der Waals surface area contributed by atoms with Crippen LogP contribution in [0, 0.1) is 0 Å². The summed E-state index contributed by atoms with van der Waals surface area (Å²) in [6.07, 6.45) is 44.1. The number of aliphatic hydroxyl groups is 3. The van der Waals surface area contributed by atoms with Crippen LogP contribution in [0.3, 0.4) is 0 Å². The third-order valence-corrected chi connectivity index (χ3v) is 10.5. The normalized spacial score (nSPS) is 16.0. The standard InChI is InChI=1S/C47H78O15P2/c1-3-5-7-9-11-13-15-17-19-20-22-24-26-28-30-32-34-36-47(52)58-38-44(49)40-60-64(55,56)62-42-45(50)41-61-63(53,54)59-39-43(48)37-57-46(51)35-33-31-29-27-25-23-21-18-16-14-12-10-8-6-4-2/h5-8,10-14,16-17,19,22,24,28,30,43-45,48-50H,3-4,9,15,18,20-21,23,25-27,29,31-42H2,1-2H3,(H,53,54)(H,55,56)/b7-5-,8-6+,12-10+,13-11-,16-14+,19-17-,24-22-,30-28-. The zero-order valence-corrected chi connectivity index (χ0v) is 39.9. The van der Waals surface area contributed by atoms with E-state index in [1.807, 2.05) is 30.4 Å². The van der Waals surface area contributed by atoms with Crippen molar-refractivity contribution in [2.75, 3.05) is 39.6 Å². The minimum atomic E-state index is -4.80. The Morgan fingerprint density at radius 2 is 0.766 bits per heavy atom. The molecule has 5 N–H and O–H groups in total. The highest BCUT2D eigenvalue weighted by Crippen LogP contribution is 2.45. The van der Waals surface area contributed by atoms with E-state index in [9.17, 15) is 43.8 Å². The predicted molar refractivity (Wildman–Crippen MR) is 251 cm³/mol. The Hall–Kier alpha value is -3.04. The maximum Gasteiger partial charge on any atom is 0.472 e. The first-order valence-corrected chi connectivity index (χ1v) is 25.6. The van der Waals surface area contributed by atoms with Gasteiger partial charge < -0.3 is 34.6 Å². The minimum absolute atomic E-state index is 0.113. The van der Waals surface area contributed by atoms with Crippen LogP contribution in [0.1, 0.15) is 129 Å². The zero-order chi connectivity index (χ0) is 47.4. The van der Waals surface area contributed by atoms with E-state index < -0.39 is 85.5 Å². The molecular weight excluding hydrogens is 866 g/mol. The molecular formula is C47H78O15P2. The smallest absolute Gasteiger partial charge is 0.463 e. The number of allylic oxidation sites excluding steroid dienone is 16. The first-order chi connectivity index (χ1) is 30.8. The topological polar surface area (TPSA) is 225 Å². The highest BCUT2D eigenvalue weighted by molar-refractivity contribution is 7.47. The predicted octanol–water partition coefficient (Wildman–Crippen LogP) is 9.93. The summed E-state index contributed by atoms with van der Waals surface area (Å²) in [7, 11) is -9.60. The summed E-state index contributed by atoms with van der Waals surface area (Å²) >= 11 is 0. The number of phosphoric ester groups is 2. The molecule has 0 aliphatic heterocycles. The van der Waals surface area contributed by atoms with E-state index in [1.54, 1.807) is 0 Å². The van der Waals surface area contributed by atoms with Crippen LogP contribution >= 0.6 is 15.6 Å². The number of rotatable bonds is 42. The van der Waals surface area contributed by atoms with Gasteiger partial charge in [-0.1, -0.05) is 143 Å². The molecule has 5 atom stereocenters. The highest BCUT2D eigenvalue weighted by Gasteiger charge is 2.28. The second-order valence-electron chi connectivity index (χ2n) is 14.7. The molecule has 0 aliphatic carbocycles. The number of esters is 2. The molecule has 15 nitrogen and oxygen atoms in total. The van der Waals surface area contributed by atoms with Crippen molar-refractivity contribution in [3.05, 3.63) is 97.2 Å². The van der Waals surface area contributed by atoms with Gasteiger partial charge in [-0.3, -0.25) is 27.7 Å². The van der Waals surface area contributed by atoms with Crippen LogP contribution < -0.4 is 0 Å². The molecule has 17 heteroatoms. The Balaban J connectivity index is 3.99. The van der Waals surface area contributed by atoms with Crippen LogP contribution in [0.15, 0.2) is 97.2 Å². The summed E-state index contributed by atoms with van der Waals surface area (Å²) in [6, 6.07) is 0. The van der Waals surface area contributed by atoms with Crippen molar-refractivity contribution in [2.24, 2.45) is 0 Å². The van der Waals surface area contributed by atoms with Crippen LogP contribution in [-0.4, -0.2) is 95.0 Å². The quantitative estimate of drug-likeness (QED) is 0.0126. The van der Waals surface area contributed by atoms with Gasteiger partial charge >= 0.3 is 27.6 Å². The van der Waals surface area contributed by atoms with Gasteiger partial charge in [0.2, 0.25) is 0 Å². The van der Waals surface area contributed by atoms with E-state index in [1.165, 1.54) is 0 Å². The summed E-state index contributed by atoms with van der Waals surface area (Å²) < 4.78 is 52.9. The molecule has 0 saturated carbocycles. The van der Waals surface area contributed by atoms with E-state index in [4.69, 9.17) is 9.47 Å². The molecule has 0 aromatic heterocycles. The molecule has 0 rings (SSSR count). The Morgan fingerprint density at radius 1 is 0.422 bits per heavy atom. The van der Waals surface area contributed by atoms with Crippen LogP contribution in [0.2, 0.25) is 0 Å². The van der Waals surface area contributed by atoms with Crippen molar-refractivity contribution in [3.8, 4) is 0 Å². The summed E-state index contributed by atoms with van der Waals surface area (Å²) in [5, 5.41) is 30.0. The number of phosphoric acid groups is 2. The van der Waals surface area contributed by atoms with Crippen molar-refractivity contribution in [1.82, 2.24) is 0 Å². The van der Waals surface area contributed by atoms with E-state index in [0.29, 0.717) is 19.3 Å². The van der Waals surface area contributed by atoms with E-state index in [2.05, 4.69) is 98.8 Å². The number of unbranched alkanes of at least 4 members (excludes halogenated alkanes) is 8. The molecule has 0 spiro atoms. The fourth-order valence-corrected chi connectivity index (χ4v) is 6.72. The Morgan fingerprint density at radius 3 is 1.22 bits per heavy atom. The molecule has 5 unspecified atom stereocenters. The van der Waals surface area contributed by atoms with Gasteiger partial charge in [0.05, 0.1) is 26.4 Å². The molecule has 0 radical (unpaired) electrons. The molecule has 0 fully saturated rings. The Labute approximate surface area is 382 Å². The number of carbonyl (C=O) groups excluding carboxylic acids is 2. The Bertz CT molecular complexity index is 1520. The van der Waals surface area contributed by atoms with E-state index in [0.717, 1.165) is 83.5 Å². The fraction of sp³-hybridized carbons (Fsp3) is 0.617. The van der Waals surface area contributed by atoms with Gasteiger partial charge in [-0.25, -0.2) is 9.13 Å². The second kappa shape index (κ2) is 42.6. The largest absolute Gasteiger partial charge is 0.472 e. The summed E-state index contributed by atoms with van der Waals surface area (Å²) in [5.41, 5.74) is 0. The van der Waals surface area contributed by atoms with Crippen molar-refractivity contribution in [1.29, 1.82) is 0 Å². The highest BCUT2D eigenvalue weighted by atomic mass is 31.2. The van der Waals surface area contributed by atoms with Gasteiger partial charge in [0.15, 0.2) is 0 Å². The van der Waals surface area contributed by atoms with Crippen molar-refractivity contribution in [3.63, 3.8) is 0 Å². The van der Waals surface area contributed by atoms with Gasteiger partial charge in [-0.05, 0) is 70.6 Å². The lowest BCUT2D eigenvalue weighted by Gasteiger charge is -2.19. The minimum Gasteiger partial charge on any atom is -0.463 e. The molecule has 64 heavy (non-hydrogen) atoms. The number of carbonyl (C=O) groups is 2. The maximum absolute atomic E-state index is 12.1. The van der Waals surface area contributed by atoms with Crippen LogP contribution in [0.4, 0.5) is 0 Å². The third kappa shape index (κ3) is 44.2. The van der Waals surface area contributed by atoms with Crippen LogP contribution in [0.25, 0.3) is 0 Å². The molecule has 0 saturated heterocycles.